The van der Waals surface area contributed by atoms with Crippen LogP contribution < -0.4 is 14.5 Å². The predicted octanol–water partition coefficient (Wildman–Crippen LogP) is 3.77. The second kappa shape index (κ2) is 10.5. The quantitative estimate of drug-likeness (QED) is 0.370. The van der Waals surface area contributed by atoms with Gasteiger partial charge in [-0.15, -0.1) is 0 Å². The molecule has 11 heteroatoms. The summed E-state index contributed by atoms with van der Waals surface area (Å²) in [7, 11) is 0. The number of hydrogen-bond acceptors (Lipinski definition) is 8. The molecule has 202 valence electrons. The molecule has 1 amide bonds. The number of rotatable bonds is 7. The van der Waals surface area contributed by atoms with Crippen molar-refractivity contribution in [2.45, 2.75) is 32.7 Å². The first-order valence-electron chi connectivity index (χ1n) is 13.1. The summed E-state index contributed by atoms with van der Waals surface area (Å²) >= 11 is 0. The van der Waals surface area contributed by atoms with E-state index >= 15 is 0 Å². The molecule has 2 N–H and O–H groups in total. The third-order valence-electron chi connectivity index (χ3n) is 7.13. The smallest absolute Gasteiger partial charge is 0.318 e. The molecule has 1 fully saturated rings. The van der Waals surface area contributed by atoms with E-state index in [0.717, 1.165) is 12.2 Å². The number of aryl methyl sites for hydroxylation is 1. The number of anilines is 2. The van der Waals surface area contributed by atoms with E-state index in [1.165, 1.54) is 12.1 Å². The Labute approximate surface area is 224 Å². The summed E-state index contributed by atoms with van der Waals surface area (Å²) < 4.78 is 26.4. The van der Waals surface area contributed by atoms with Gasteiger partial charge in [-0.3, -0.25) is 4.79 Å². The van der Waals surface area contributed by atoms with Crippen molar-refractivity contribution in [2.24, 2.45) is 0 Å². The van der Waals surface area contributed by atoms with Crippen LogP contribution in [0.5, 0.6) is 11.8 Å². The number of amides is 1. The van der Waals surface area contributed by atoms with Gasteiger partial charge in [-0.2, -0.15) is 9.97 Å². The maximum Gasteiger partial charge on any atom is 0.318 e. The lowest BCUT2D eigenvalue weighted by molar-refractivity contribution is 0.0997. The molecule has 10 nitrogen and oxygen atoms in total. The van der Waals surface area contributed by atoms with Gasteiger partial charge in [-0.1, -0.05) is 13.0 Å². The molecule has 0 spiro atoms. The number of benzene rings is 2. The zero-order valence-electron chi connectivity index (χ0n) is 21.6. The number of aromatic nitrogens is 4. The fourth-order valence-corrected chi connectivity index (χ4v) is 5.32. The van der Waals surface area contributed by atoms with Crippen LogP contribution in [0.3, 0.4) is 0 Å². The highest BCUT2D eigenvalue weighted by Crippen LogP contribution is 2.41. The van der Waals surface area contributed by atoms with Gasteiger partial charge in [0, 0.05) is 50.0 Å². The molecule has 4 aromatic rings. The summed E-state index contributed by atoms with van der Waals surface area (Å²) in [6, 6.07) is 6.28. The lowest BCUT2D eigenvalue weighted by Gasteiger charge is -2.23. The van der Waals surface area contributed by atoms with E-state index in [0.29, 0.717) is 84.9 Å². The fraction of sp³-hybridized carbons (Fsp3) is 0.357. The summed E-state index contributed by atoms with van der Waals surface area (Å²) in [6.45, 7) is 4.71. The number of fused-ring (bicyclic) bond motifs is 2. The van der Waals surface area contributed by atoms with Crippen molar-refractivity contribution in [3.8, 4) is 11.8 Å². The fourth-order valence-electron chi connectivity index (χ4n) is 5.32. The van der Waals surface area contributed by atoms with Gasteiger partial charge < -0.3 is 29.4 Å². The minimum absolute atomic E-state index is 0.00663. The number of ether oxygens (including phenoxy) is 2. The SMILES string of the molecule is CCc1c(F)ccc2cc(O)cc(N3Cc4nc(OCCc5ncc[nH]5)nc(N5CCCOCC5)c4C3=O)c12. The normalized spacial score (nSPS) is 15.6. The molecule has 0 unspecified atom stereocenters. The Morgan fingerprint density at radius 2 is 2.10 bits per heavy atom. The van der Waals surface area contributed by atoms with Crippen molar-refractivity contribution in [2.75, 3.05) is 42.7 Å². The first kappa shape index (κ1) is 25.1. The Hall–Kier alpha value is -4.25. The summed E-state index contributed by atoms with van der Waals surface area (Å²) in [5, 5.41) is 11.8. The second-order valence-corrected chi connectivity index (χ2v) is 9.57. The first-order chi connectivity index (χ1) is 19.0. The standard InChI is InChI=1S/C28H29FN6O4/c1-2-19-20(29)5-4-17-14-18(36)15-22(24(17)19)35-16-21-25(27(35)37)26(34-9-3-11-38-13-10-34)33-28(32-21)39-12-6-23-30-7-8-31-23/h4-5,7-8,14-15,36H,2-3,6,9-13,16H2,1H3,(H,30,31). The second-order valence-electron chi connectivity index (χ2n) is 9.57. The number of H-pyrrole nitrogens is 1. The number of phenolic OH excluding ortho intramolecular Hbond substituents is 1. The van der Waals surface area contributed by atoms with Crippen LogP contribution in [-0.4, -0.2) is 63.9 Å². The van der Waals surface area contributed by atoms with E-state index in [1.54, 1.807) is 29.4 Å². The van der Waals surface area contributed by atoms with Crippen molar-refractivity contribution < 1.29 is 23.8 Å². The molecule has 4 heterocycles. The van der Waals surface area contributed by atoms with Crippen LogP contribution in [0.1, 0.15) is 40.8 Å². The van der Waals surface area contributed by atoms with E-state index in [-0.39, 0.29) is 30.0 Å². The van der Waals surface area contributed by atoms with Gasteiger partial charge in [0.15, 0.2) is 0 Å². The summed E-state index contributed by atoms with van der Waals surface area (Å²) in [5.74, 6) is 0.631. The Kier molecular flexibility index (Phi) is 6.74. The van der Waals surface area contributed by atoms with Gasteiger partial charge in [0.2, 0.25) is 0 Å². The Morgan fingerprint density at radius 1 is 1.21 bits per heavy atom. The Balaban J connectivity index is 1.41. The van der Waals surface area contributed by atoms with Crippen molar-refractivity contribution in [1.29, 1.82) is 0 Å². The van der Waals surface area contributed by atoms with E-state index in [1.807, 2.05) is 11.8 Å². The van der Waals surface area contributed by atoms with Crippen molar-refractivity contribution in [1.82, 2.24) is 19.9 Å². The Morgan fingerprint density at radius 3 is 2.92 bits per heavy atom. The highest BCUT2D eigenvalue weighted by Gasteiger charge is 2.37. The molecule has 0 radical (unpaired) electrons. The number of aromatic hydroxyl groups is 1. The summed E-state index contributed by atoms with van der Waals surface area (Å²) in [6.07, 6.45) is 5.21. The summed E-state index contributed by atoms with van der Waals surface area (Å²) in [4.78, 5) is 34.2. The zero-order valence-corrected chi connectivity index (χ0v) is 21.6. The molecule has 2 aromatic carbocycles. The van der Waals surface area contributed by atoms with Gasteiger partial charge in [-0.25, -0.2) is 9.37 Å². The van der Waals surface area contributed by atoms with Crippen molar-refractivity contribution in [3.05, 3.63) is 65.1 Å². The van der Waals surface area contributed by atoms with Crippen LogP contribution in [0.25, 0.3) is 10.8 Å². The number of hydrogen-bond donors (Lipinski definition) is 2. The number of phenols is 1. The number of halogens is 1. The maximum atomic E-state index is 14.8. The topological polar surface area (TPSA) is 117 Å². The van der Waals surface area contributed by atoms with Gasteiger partial charge >= 0.3 is 6.01 Å². The third kappa shape index (κ3) is 4.74. The molecule has 6 rings (SSSR count). The average molecular weight is 533 g/mol. The monoisotopic (exact) mass is 532 g/mol. The third-order valence-corrected chi connectivity index (χ3v) is 7.13. The largest absolute Gasteiger partial charge is 0.508 e. The van der Waals surface area contributed by atoms with Crippen molar-refractivity contribution in [3.63, 3.8) is 0 Å². The number of aromatic amines is 1. The van der Waals surface area contributed by atoms with Crippen LogP contribution in [0, 0.1) is 5.82 Å². The van der Waals surface area contributed by atoms with Crippen LogP contribution in [-0.2, 0) is 24.1 Å². The molecule has 2 aliphatic heterocycles. The number of nitrogens with one attached hydrogen (secondary N) is 1. The predicted molar refractivity (Wildman–Crippen MR) is 143 cm³/mol. The number of nitrogens with zero attached hydrogens (tertiary/aromatic N) is 5. The van der Waals surface area contributed by atoms with E-state index in [9.17, 15) is 14.3 Å². The van der Waals surface area contributed by atoms with E-state index in [2.05, 4.69) is 19.9 Å². The van der Waals surface area contributed by atoms with Crippen LogP contribution in [0.2, 0.25) is 0 Å². The maximum absolute atomic E-state index is 14.8. The number of carbonyl (C=O) groups is 1. The number of carbonyl (C=O) groups excluding carboxylic acids is 1. The molecule has 0 bridgehead atoms. The van der Waals surface area contributed by atoms with Gasteiger partial charge in [0.25, 0.3) is 5.91 Å². The van der Waals surface area contributed by atoms with Gasteiger partial charge in [0.05, 0.1) is 31.1 Å². The molecule has 0 atom stereocenters. The molecule has 39 heavy (non-hydrogen) atoms. The molecular formula is C28H29FN6O4. The highest BCUT2D eigenvalue weighted by molar-refractivity contribution is 6.16. The van der Waals surface area contributed by atoms with Crippen molar-refractivity contribution >= 4 is 28.2 Å². The minimum Gasteiger partial charge on any atom is -0.508 e. The molecular weight excluding hydrogens is 503 g/mol. The lowest BCUT2D eigenvalue weighted by atomic mass is 9.99. The van der Waals surface area contributed by atoms with E-state index < -0.39 is 0 Å². The molecule has 2 aliphatic rings. The Bertz CT molecular complexity index is 1520. The van der Waals surface area contributed by atoms with E-state index in [4.69, 9.17) is 9.47 Å². The molecule has 2 aromatic heterocycles. The first-order valence-corrected chi connectivity index (χ1v) is 13.1. The molecule has 0 saturated carbocycles. The minimum atomic E-state index is -0.349. The lowest BCUT2D eigenvalue weighted by Crippen LogP contribution is -2.30. The summed E-state index contributed by atoms with van der Waals surface area (Å²) in [5.41, 5.74) is 1.84. The molecule has 1 saturated heterocycles. The highest BCUT2D eigenvalue weighted by atomic mass is 19.1. The number of imidazole rings is 1. The van der Waals surface area contributed by atoms with Crippen LogP contribution >= 0.6 is 0 Å². The zero-order chi connectivity index (χ0) is 26.9. The van der Waals surface area contributed by atoms with Crippen LogP contribution in [0.4, 0.5) is 15.9 Å². The van der Waals surface area contributed by atoms with Gasteiger partial charge in [0.1, 0.15) is 28.8 Å². The van der Waals surface area contributed by atoms with Crippen LogP contribution in [0.15, 0.2) is 36.7 Å². The van der Waals surface area contributed by atoms with Gasteiger partial charge in [-0.05, 0) is 35.9 Å². The average Bonchev–Trinajstić information content (AvgIpc) is 3.46. The molecule has 0 aliphatic carbocycles.